The van der Waals surface area contributed by atoms with E-state index in [4.69, 9.17) is 4.74 Å². The number of hydrogen-bond acceptors (Lipinski definition) is 2. The standard InChI is InChI=1S/C53H35NO/c1-3-14-36(15-4-1)38-26-30-42(31-27-38)54(43-32-28-39(29-33-43)37-16-5-2-6-17-37)50-25-13-24-48-52(50)55-51-35-41-19-8-7-18-40(41)34-49(51)53(48)46-22-11-9-20-44(46)45-21-10-12-23-47(45)53/h1-35H. The minimum atomic E-state index is -0.587. The lowest BCUT2D eigenvalue weighted by molar-refractivity contribution is 0.438. The van der Waals surface area contributed by atoms with Gasteiger partial charge in [0.2, 0.25) is 0 Å². The molecule has 0 fully saturated rings. The van der Waals surface area contributed by atoms with Crippen molar-refractivity contribution >= 4 is 27.8 Å². The molecule has 1 spiro atoms. The fraction of sp³-hybridized carbons (Fsp3) is 0.0189. The van der Waals surface area contributed by atoms with Crippen molar-refractivity contribution in [2.75, 3.05) is 4.90 Å². The van der Waals surface area contributed by atoms with E-state index in [0.29, 0.717) is 0 Å². The Morgan fingerprint density at radius 3 is 1.36 bits per heavy atom. The predicted octanol–water partition coefficient (Wildman–Crippen LogP) is 14.1. The number of ether oxygens (including phenoxy) is 1. The third-order valence-corrected chi connectivity index (χ3v) is 11.5. The van der Waals surface area contributed by atoms with Crippen molar-refractivity contribution in [2.45, 2.75) is 5.41 Å². The van der Waals surface area contributed by atoms with Gasteiger partial charge in [0.15, 0.2) is 5.75 Å². The Morgan fingerprint density at radius 2 is 0.800 bits per heavy atom. The molecule has 1 heterocycles. The fourth-order valence-corrected chi connectivity index (χ4v) is 9.07. The van der Waals surface area contributed by atoms with Crippen molar-refractivity contribution in [2.24, 2.45) is 0 Å². The first-order valence-corrected chi connectivity index (χ1v) is 18.9. The maximum Gasteiger partial charge on any atom is 0.156 e. The molecule has 0 saturated heterocycles. The molecule has 9 aromatic rings. The SMILES string of the molecule is c1ccc(-c2ccc(N(c3ccc(-c4ccccc4)cc3)c3cccc4c3Oc3cc5ccccc5cc3C43c4ccccc4-c4ccccc43)cc2)cc1. The van der Waals surface area contributed by atoms with Crippen LogP contribution in [-0.2, 0) is 5.41 Å². The number of hydrogen-bond donors (Lipinski definition) is 0. The molecule has 1 aliphatic carbocycles. The molecule has 11 rings (SSSR count). The zero-order valence-corrected chi connectivity index (χ0v) is 30.1. The lowest BCUT2D eigenvalue weighted by Gasteiger charge is -2.41. The Kier molecular flexibility index (Phi) is 7.11. The smallest absolute Gasteiger partial charge is 0.156 e. The lowest BCUT2D eigenvalue weighted by atomic mass is 9.65. The number of benzene rings is 9. The van der Waals surface area contributed by atoms with Gasteiger partial charge in [-0.1, -0.05) is 170 Å². The van der Waals surface area contributed by atoms with Gasteiger partial charge >= 0.3 is 0 Å². The predicted molar refractivity (Wildman–Crippen MR) is 227 cm³/mol. The van der Waals surface area contributed by atoms with E-state index in [1.807, 2.05) is 0 Å². The summed E-state index contributed by atoms with van der Waals surface area (Å²) in [6.07, 6.45) is 0. The summed E-state index contributed by atoms with van der Waals surface area (Å²) >= 11 is 0. The van der Waals surface area contributed by atoms with Crippen LogP contribution in [0.1, 0.15) is 22.3 Å². The Labute approximate surface area is 321 Å². The average molecular weight is 702 g/mol. The van der Waals surface area contributed by atoms with Crippen LogP contribution in [0.2, 0.25) is 0 Å². The van der Waals surface area contributed by atoms with Crippen LogP contribution in [0.3, 0.4) is 0 Å². The summed E-state index contributed by atoms with van der Waals surface area (Å²) < 4.78 is 7.30. The van der Waals surface area contributed by atoms with Crippen LogP contribution >= 0.6 is 0 Å². The zero-order chi connectivity index (χ0) is 36.3. The van der Waals surface area contributed by atoms with E-state index in [-0.39, 0.29) is 0 Å². The fourth-order valence-electron chi connectivity index (χ4n) is 9.07. The molecule has 0 bridgehead atoms. The molecular weight excluding hydrogens is 667 g/mol. The maximum absolute atomic E-state index is 7.30. The van der Waals surface area contributed by atoms with Crippen LogP contribution in [0.15, 0.2) is 212 Å². The lowest BCUT2D eigenvalue weighted by Crippen LogP contribution is -2.32. The van der Waals surface area contributed by atoms with E-state index in [0.717, 1.165) is 39.5 Å². The summed E-state index contributed by atoms with van der Waals surface area (Å²) in [7, 11) is 0. The van der Waals surface area contributed by atoms with Crippen LogP contribution in [-0.4, -0.2) is 0 Å². The van der Waals surface area contributed by atoms with E-state index in [9.17, 15) is 0 Å². The van der Waals surface area contributed by atoms with Gasteiger partial charge in [-0.15, -0.1) is 0 Å². The van der Waals surface area contributed by atoms with Gasteiger partial charge in [-0.3, -0.25) is 0 Å². The second-order valence-electron chi connectivity index (χ2n) is 14.5. The Morgan fingerprint density at radius 1 is 0.345 bits per heavy atom. The second kappa shape index (κ2) is 12.5. The summed E-state index contributed by atoms with van der Waals surface area (Å²) in [4.78, 5) is 2.36. The largest absolute Gasteiger partial charge is 0.454 e. The van der Waals surface area contributed by atoms with Gasteiger partial charge in [0.05, 0.1) is 11.1 Å². The monoisotopic (exact) mass is 701 g/mol. The Hall–Kier alpha value is -7.16. The van der Waals surface area contributed by atoms with E-state index in [2.05, 4.69) is 217 Å². The summed E-state index contributed by atoms with van der Waals surface area (Å²) in [5.74, 6) is 1.74. The minimum Gasteiger partial charge on any atom is -0.454 e. The molecule has 258 valence electrons. The zero-order valence-electron chi connectivity index (χ0n) is 30.1. The van der Waals surface area contributed by atoms with Gasteiger partial charge in [-0.2, -0.15) is 0 Å². The number of nitrogens with zero attached hydrogens (tertiary/aromatic N) is 1. The molecule has 0 saturated carbocycles. The van der Waals surface area contributed by atoms with Crippen LogP contribution in [0.4, 0.5) is 17.1 Å². The minimum absolute atomic E-state index is 0.587. The number of fused-ring (bicyclic) bond motifs is 10. The first kappa shape index (κ1) is 31.4. The molecule has 55 heavy (non-hydrogen) atoms. The topological polar surface area (TPSA) is 12.5 Å². The first-order valence-electron chi connectivity index (χ1n) is 18.9. The number of rotatable bonds is 5. The van der Waals surface area contributed by atoms with Gasteiger partial charge in [0, 0.05) is 22.5 Å². The van der Waals surface area contributed by atoms with Gasteiger partial charge in [0.25, 0.3) is 0 Å². The molecule has 0 unspecified atom stereocenters. The van der Waals surface area contributed by atoms with Crippen LogP contribution < -0.4 is 9.64 Å². The third kappa shape index (κ3) is 4.82. The highest BCUT2D eigenvalue weighted by Crippen LogP contribution is 2.64. The van der Waals surface area contributed by atoms with E-state index in [1.165, 1.54) is 55.5 Å². The van der Waals surface area contributed by atoms with Crippen molar-refractivity contribution < 1.29 is 4.74 Å². The van der Waals surface area contributed by atoms with Gasteiger partial charge in [-0.05, 0) is 97.7 Å². The Balaban J connectivity index is 1.17. The highest BCUT2D eigenvalue weighted by atomic mass is 16.5. The first-order chi connectivity index (χ1) is 27.3. The summed E-state index contributed by atoms with van der Waals surface area (Å²) in [6.45, 7) is 0. The van der Waals surface area contributed by atoms with Crippen molar-refractivity contribution in [1.29, 1.82) is 0 Å². The maximum atomic E-state index is 7.30. The van der Waals surface area contributed by atoms with E-state index >= 15 is 0 Å². The normalized spacial score (nSPS) is 13.0. The number of para-hydroxylation sites is 1. The van der Waals surface area contributed by atoms with Crippen molar-refractivity contribution in [1.82, 2.24) is 0 Å². The quantitative estimate of drug-likeness (QED) is 0.177. The summed E-state index contributed by atoms with van der Waals surface area (Å²) in [6, 6.07) is 76.7. The third-order valence-electron chi connectivity index (χ3n) is 11.5. The second-order valence-corrected chi connectivity index (χ2v) is 14.5. The molecule has 0 radical (unpaired) electrons. The van der Waals surface area contributed by atoms with Gasteiger partial charge in [0.1, 0.15) is 5.75 Å². The van der Waals surface area contributed by atoms with Crippen LogP contribution in [0.25, 0.3) is 44.2 Å². The van der Waals surface area contributed by atoms with Gasteiger partial charge < -0.3 is 9.64 Å². The molecule has 0 aromatic heterocycles. The molecule has 9 aromatic carbocycles. The molecule has 2 heteroatoms. The van der Waals surface area contributed by atoms with Crippen LogP contribution in [0, 0.1) is 0 Å². The molecular formula is C53H35NO. The molecule has 0 amide bonds. The number of anilines is 3. The van der Waals surface area contributed by atoms with E-state index < -0.39 is 5.41 Å². The van der Waals surface area contributed by atoms with Crippen molar-refractivity contribution in [3.63, 3.8) is 0 Å². The molecule has 2 nitrogen and oxygen atoms in total. The summed E-state index contributed by atoms with van der Waals surface area (Å²) in [5, 5.41) is 2.35. The van der Waals surface area contributed by atoms with Crippen molar-refractivity contribution in [3.05, 3.63) is 235 Å². The van der Waals surface area contributed by atoms with Crippen molar-refractivity contribution in [3.8, 4) is 44.9 Å². The highest BCUT2D eigenvalue weighted by Gasteiger charge is 2.51. The van der Waals surface area contributed by atoms with Crippen LogP contribution in [0.5, 0.6) is 11.5 Å². The summed E-state index contributed by atoms with van der Waals surface area (Å²) in [5.41, 5.74) is 14.6. The molecule has 0 N–H and O–H groups in total. The average Bonchev–Trinajstić information content (AvgIpc) is 3.55. The molecule has 1 aliphatic heterocycles. The molecule has 2 aliphatic rings. The molecule has 0 atom stereocenters. The van der Waals surface area contributed by atoms with Gasteiger partial charge in [-0.25, -0.2) is 0 Å². The van der Waals surface area contributed by atoms with E-state index in [1.54, 1.807) is 0 Å². The Bertz CT molecular complexity index is 2750. The highest BCUT2D eigenvalue weighted by molar-refractivity contribution is 5.95.